The smallest absolute Gasteiger partial charge is 0.181 e. The van der Waals surface area contributed by atoms with Gasteiger partial charge in [0, 0.05) is 22.7 Å². The molecule has 0 saturated heterocycles. The molecule has 40 heavy (non-hydrogen) atoms. The number of anilines is 1. The van der Waals surface area contributed by atoms with Gasteiger partial charge in [-0.3, -0.25) is 9.59 Å². The van der Waals surface area contributed by atoms with Crippen LogP contribution in [0, 0.1) is 17.6 Å². The van der Waals surface area contributed by atoms with Crippen LogP contribution in [0.3, 0.4) is 0 Å². The number of Topliss-reactive ketones (excluding diaryl/α,β-unsaturated/α-hetero) is 2. The first-order valence-electron chi connectivity index (χ1n) is 13.5. The van der Waals surface area contributed by atoms with Crippen LogP contribution in [0.15, 0.2) is 78.9 Å². The molecule has 0 fully saturated rings. The molecule has 0 amide bonds. The number of hydrogen-bond acceptors (Lipinski definition) is 3. The predicted octanol–water partition coefficient (Wildman–Crippen LogP) is 6.22. The van der Waals surface area contributed by atoms with E-state index in [2.05, 4.69) is 55.6 Å². The van der Waals surface area contributed by atoms with Gasteiger partial charge in [-0.2, -0.15) is 0 Å². The van der Waals surface area contributed by atoms with Gasteiger partial charge in [-0.25, -0.2) is 8.78 Å². The molecule has 4 aromatic carbocycles. The zero-order valence-electron chi connectivity index (χ0n) is 22.4. The van der Waals surface area contributed by atoms with Gasteiger partial charge < -0.3 is 5.32 Å². The average Bonchev–Trinajstić information content (AvgIpc) is 2.95. The molecule has 2 aliphatic rings. The predicted molar refractivity (Wildman–Crippen MR) is 155 cm³/mol. The maximum absolute atomic E-state index is 13.5. The minimum atomic E-state index is -0.367. The number of rotatable bonds is 6. The lowest BCUT2D eigenvalue weighted by atomic mass is 9.69. The van der Waals surface area contributed by atoms with Crippen molar-refractivity contribution in [2.24, 2.45) is 5.92 Å². The van der Waals surface area contributed by atoms with Crippen molar-refractivity contribution < 1.29 is 18.4 Å². The molecular weight excluding hydrogens is 504 g/mol. The summed E-state index contributed by atoms with van der Waals surface area (Å²) in [5.41, 5.74) is 6.28. The van der Waals surface area contributed by atoms with Crippen molar-refractivity contribution in [2.75, 3.05) is 11.9 Å². The number of ketones is 2. The molecule has 4 aromatic rings. The molecule has 200 valence electrons. The Morgan fingerprint density at radius 1 is 0.825 bits per heavy atom. The average molecular weight is 534 g/mol. The van der Waals surface area contributed by atoms with Crippen LogP contribution in [0.25, 0.3) is 23.3 Å². The molecule has 0 aliphatic heterocycles. The van der Waals surface area contributed by atoms with E-state index in [1.165, 1.54) is 42.0 Å². The summed E-state index contributed by atoms with van der Waals surface area (Å²) >= 11 is 0. The Bertz CT molecular complexity index is 1770. The van der Waals surface area contributed by atoms with Gasteiger partial charge in [0.2, 0.25) is 0 Å². The Morgan fingerprint density at radius 2 is 1.48 bits per heavy atom. The van der Waals surface area contributed by atoms with Crippen molar-refractivity contribution in [3.05, 3.63) is 123 Å². The van der Waals surface area contributed by atoms with Crippen LogP contribution in [0.2, 0.25) is 0 Å². The molecule has 0 spiro atoms. The summed E-state index contributed by atoms with van der Waals surface area (Å²) in [7, 11) is 0. The molecule has 5 heteroatoms. The Morgan fingerprint density at radius 3 is 2.17 bits per heavy atom. The molecule has 0 aromatic heterocycles. The third kappa shape index (κ3) is 4.77. The highest BCUT2D eigenvalue weighted by atomic mass is 19.1. The van der Waals surface area contributed by atoms with E-state index in [1.54, 1.807) is 12.1 Å². The van der Waals surface area contributed by atoms with Crippen LogP contribution < -0.4 is 15.8 Å². The van der Waals surface area contributed by atoms with Gasteiger partial charge in [-0.05, 0) is 112 Å². The van der Waals surface area contributed by atoms with Gasteiger partial charge in [-0.1, -0.05) is 44.2 Å². The second-order valence-electron chi connectivity index (χ2n) is 11.3. The highest BCUT2D eigenvalue weighted by Gasteiger charge is 2.34. The quantitative estimate of drug-likeness (QED) is 0.299. The standard InChI is InChI=1S/C35H29F2NO2/c1-35(2)19-24(34(40)22-5-10-26(37)11-6-22)18-31-30-13-7-23-17-27(12-14-28(23)29(30)15-16-32(31)35)38-20-33(39)21-3-8-25(36)9-4-21/h3-6,8-18,24,38H,7,19-20H2,1-2H3. The molecule has 0 bridgehead atoms. The first kappa shape index (κ1) is 25.9. The van der Waals surface area contributed by atoms with Gasteiger partial charge in [0.25, 0.3) is 0 Å². The van der Waals surface area contributed by atoms with Gasteiger partial charge in [-0.15, -0.1) is 0 Å². The Kier molecular flexibility index (Phi) is 6.46. The monoisotopic (exact) mass is 533 g/mol. The fraction of sp³-hybridized carbons (Fsp3) is 0.200. The third-order valence-electron chi connectivity index (χ3n) is 8.12. The van der Waals surface area contributed by atoms with Crippen molar-refractivity contribution in [2.45, 2.75) is 32.1 Å². The van der Waals surface area contributed by atoms with E-state index < -0.39 is 0 Å². The first-order chi connectivity index (χ1) is 19.2. The molecule has 6 rings (SSSR count). The highest BCUT2D eigenvalue weighted by Crippen LogP contribution is 2.35. The molecule has 0 radical (unpaired) electrons. The minimum absolute atomic E-state index is 0.0124. The normalized spacial score (nSPS) is 16.4. The minimum Gasteiger partial charge on any atom is -0.378 e. The molecule has 3 nitrogen and oxygen atoms in total. The van der Waals surface area contributed by atoms with E-state index in [0.29, 0.717) is 17.5 Å². The zero-order chi connectivity index (χ0) is 28.0. The second-order valence-corrected chi connectivity index (χ2v) is 11.3. The number of fused-ring (bicyclic) bond motifs is 5. The summed E-state index contributed by atoms with van der Waals surface area (Å²) in [5.74, 6) is -1.11. The van der Waals surface area contributed by atoms with Crippen LogP contribution in [0.4, 0.5) is 14.5 Å². The molecule has 1 N–H and O–H groups in total. The largest absolute Gasteiger partial charge is 0.378 e. The number of hydrogen-bond donors (Lipinski definition) is 1. The number of carbonyl (C=O) groups excluding carboxylic acids is 2. The lowest BCUT2D eigenvalue weighted by molar-refractivity contribution is 0.0933. The number of nitrogens with one attached hydrogen (secondary N) is 1. The molecule has 1 unspecified atom stereocenters. The maximum atomic E-state index is 13.5. The van der Waals surface area contributed by atoms with Gasteiger partial charge >= 0.3 is 0 Å². The lowest BCUT2D eigenvalue weighted by Gasteiger charge is -2.34. The fourth-order valence-electron chi connectivity index (χ4n) is 6.04. The van der Waals surface area contributed by atoms with E-state index in [0.717, 1.165) is 39.2 Å². The zero-order valence-corrected chi connectivity index (χ0v) is 22.4. The molecule has 0 saturated carbocycles. The number of halogens is 2. The summed E-state index contributed by atoms with van der Waals surface area (Å²) in [6.45, 7) is 4.47. The molecule has 2 aliphatic carbocycles. The van der Waals surface area contributed by atoms with Crippen LogP contribution in [-0.4, -0.2) is 18.1 Å². The third-order valence-corrected chi connectivity index (χ3v) is 8.12. The van der Waals surface area contributed by atoms with Crippen LogP contribution >= 0.6 is 0 Å². The van der Waals surface area contributed by atoms with Gasteiger partial charge in [0.15, 0.2) is 11.6 Å². The van der Waals surface area contributed by atoms with Gasteiger partial charge in [0.1, 0.15) is 11.6 Å². The summed E-state index contributed by atoms with van der Waals surface area (Å²) in [6.07, 6.45) is 5.74. The van der Waals surface area contributed by atoms with Crippen molar-refractivity contribution in [1.82, 2.24) is 0 Å². The molecule has 1 atom stereocenters. The van der Waals surface area contributed by atoms with Crippen LogP contribution in [0.1, 0.15) is 52.1 Å². The van der Waals surface area contributed by atoms with Gasteiger partial charge in [0.05, 0.1) is 6.54 Å². The summed E-state index contributed by atoms with van der Waals surface area (Å²) in [5, 5.41) is 5.45. The molecular formula is C35H29F2NO2. The van der Waals surface area contributed by atoms with E-state index >= 15 is 0 Å². The highest BCUT2D eigenvalue weighted by molar-refractivity contribution is 6.01. The fourth-order valence-corrected chi connectivity index (χ4v) is 6.04. The Labute approximate surface area is 231 Å². The number of carbonyl (C=O) groups is 2. The van der Waals surface area contributed by atoms with Crippen molar-refractivity contribution in [1.29, 1.82) is 0 Å². The number of benzene rings is 4. The lowest BCUT2D eigenvalue weighted by Crippen LogP contribution is -2.43. The van der Waals surface area contributed by atoms with Crippen molar-refractivity contribution in [3.63, 3.8) is 0 Å². The van der Waals surface area contributed by atoms with E-state index in [9.17, 15) is 18.4 Å². The summed E-state index contributed by atoms with van der Waals surface area (Å²) < 4.78 is 26.6. The van der Waals surface area contributed by atoms with Crippen LogP contribution in [0.5, 0.6) is 0 Å². The van der Waals surface area contributed by atoms with E-state index in [-0.39, 0.29) is 41.1 Å². The van der Waals surface area contributed by atoms with E-state index in [4.69, 9.17) is 0 Å². The van der Waals surface area contributed by atoms with E-state index in [1.807, 2.05) is 6.07 Å². The van der Waals surface area contributed by atoms with Crippen molar-refractivity contribution >= 4 is 29.4 Å². The second kappa shape index (κ2) is 9.98. The summed E-state index contributed by atoms with van der Waals surface area (Å²) in [4.78, 5) is 25.9. The Balaban J connectivity index is 1.30. The maximum Gasteiger partial charge on any atom is 0.181 e. The van der Waals surface area contributed by atoms with Crippen molar-refractivity contribution in [3.8, 4) is 11.1 Å². The topological polar surface area (TPSA) is 46.2 Å². The molecule has 0 heterocycles. The SMILES string of the molecule is CC1(C)CC(C(=O)c2ccc(F)cc2)C=c2c1ccc1c2=CCc2cc(NCC(=O)c3ccc(F)cc3)ccc2-1. The summed E-state index contributed by atoms with van der Waals surface area (Å²) in [6, 6.07) is 21.8. The van der Waals surface area contributed by atoms with Crippen LogP contribution in [-0.2, 0) is 11.8 Å². The Hall–Kier alpha value is -4.38. The first-order valence-corrected chi connectivity index (χ1v) is 13.5.